The van der Waals surface area contributed by atoms with Crippen molar-refractivity contribution in [2.45, 2.75) is 46.1 Å². The molecule has 1 saturated heterocycles. The number of piperidine rings is 1. The van der Waals surface area contributed by atoms with Crippen LogP contribution in [0.2, 0.25) is 0 Å². The van der Waals surface area contributed by atoms with E-state index in [4.69, 9.17) is 8.94 Å². The van der Waals surface area contributed by atoms with E-state index in [-0.39, 0.29) is 35.9 Å². The fraction of sp³-hybridized carbons (Fsp3) is 0.440. The van der Waals surface area contributed by atoms with Crippen molar-refractivity contribution in [2.24, 2.45) is 5.92 Å². The van der Waals surface area contributed by atoms with Crippen molar-refractivity contribution in [1.82, 2.24) is 20.4 Å². The van der Waals surface area contributed by atoms with Gasteiger partial charge < -0.3 is 24.5 Å². The number of oxazole rings is 1. The zero-order chi connectivity index (χ0) is 24.2. The van der Waals surface area contributed by atoms with Crippen molar-refractivity contribution in [2.75, 3.05) is 25.5 Å². The molecule has 0 bridgehead atoms. The Kier molecular flexibility index (Phi) is 7.12. The quantitative estimate of drug-likeness (QED) is 0.543. The highest BCUT2D eigenvalue weighted by atomic mass is 16.5. The van der Waals surface area contributed by atoms with E-state index in [2.05, 4.69) is 25.7 Å². The van der Waals surface area contributed by atoms with Crippen LogP contribution >= 0.6 is 0 Å². The molecule has 2 N–H and O–H groups in total. The van der Waals surface area contributed by atoms with E-state index < -0.39 is 0 Å². The minimum Gasteiger partial charge on any atom is -0.441 e. The summed E-state index contributed by atoms with van der Waals surface area (Å²) in [6, 6.07) is 9.08. The molecule has 3 heterocycles. The van der Waals surface area contributed by atoms with Gasteiger partial charge in [-0.1, -0.05) is 25.1 Å². The molecule has 0 aliphatic carbocycles. The van der Waals surface area contributed by atoms with Crippen molar-refractivity contribution >= 4 is 17.5 Å². The second-order valence-corrected chi connectivity index (χ2v) is 9.15. The Labute approximate surface area is 198 Å². The fourth-order valence-corrected chi connectivity index (χ4v) is 3.99. The van der Waals surface area contributed by atoms with Gasteiger partial charge in [0.2, 0.25) is 11.8 Å². The number of hydrogen-bond acceptors (Lipinski definition) is 7. The maximum Gasteiger partial charge on any atom is 0.273 e. The molecule has 1 fully saturated rings. The van der Waals surface area contributed by atoms with Gasteiger partial charge in [-0.25, -0.2) is 4.98 Å². The number of nitrogens with one attached hydrogen (secondary N) is 2. The number of amides is 2. The molecule has 3 aromatic rings. The van der Waals surface area contributed by atoms with Crippen molar-refractivity contribution in [3.8, 4) is 11.5 Å². The van der Waals surface area contributed by atoms with Crippen LogP contribution in [-0.4, -0.2) is 47.0 Å². The molecule has 9 nitrogen and oxygen atoms in total. The molecule has 0 spiro atoms. The van der Waals surface area contributed by atoms with Crippen molar-refractivity contribution in [3.05, 3.63) is 53.2 Å². The summed E-state index contributed by atoms with van der Waals surface area (Å²) in [5.74, 6) is 1.54. The van der Waals surface area contributed by atoms with Gasteiger partial charge in [0.05, 0.1) is 12.5 Å². The molecule has 0 saturated carbocycles. The monoisotopic (exact) mass is 465 g/mol. The number of rotatable bonds is 7. The number of anilines is 1. The number of nitrogens with zero attached hydrogens (tertiary/aromatic N) is 3. The van der Waals surface area contributed by atoms with Gasteiger partial charge in [-0.3, -0.25) is 9.59 Å². The lowest BCUT2D eigenvalue weighted by molar-refractivity contribution is -0.121. The number of carbonyl (C=O) groups excluding carboxylic acids is 2. The Bertz CT molecular complexity index is 1170. The number of carbonyl (C=O) groups is 2. The summed E-state index contributed by atoms with van der Waals surface area (Å²) in [5, 5.41) is 9.66. The van der Waals surface area contributed by atoms with E-state index in [1.165, 1.54) is 0 Å². The van der Waals surface area contributed by atoms with Gasteiger partial charge in [0.15, 0.2) is 5.69 Å². The van der Waals surface area contributed by atoms with Crippen molar-refractivity contribution < 1.29 is 18.5 Å². The SMILES string of the molecule is Cc1oc(-c2cccc(NC(=O)[C@H]3CCCN(C)C3)c2)nc1CNC(=O)c1cc(C(C)C)on1. The summed E-state index contributed by atoms with van der Waals surface area (Å²) >= 11 is 0. The molecule has 4 rings (SSSR count). The molecule has 2 aromatic heterocycles. The van der Waals surface area contributed by atoms with Gasteiger partial charge >= 0.3 is 0 Å². The zero-order valence-electron chi connectivity index (χ0n) is 20.1. The predicted molar refractivity (Wildman–Crippen MR) is 127 cm³/mol. The first kappa shape index (κ1) is 23.7. The molecule has 0 radical (unpaired) electrons. The lowest BCUT2D eigenvalue weighted by Gasteiger charge is -2.28. The topological polar surface area (TPSA) is 114 Å². The molecule has 1 aromatic carbocycles. The molecule has 1 aliphatic rings. The van der Waals surface area contributed by atoms with Crippen molar-refractivity contribution in [1.29, 1.82) is 0 Å². The van der Waals surface area contributed by atoms with E-state index in [1.807, 2.05) is 45.2 Å². The van der Waals surface area contributed by atoms with Crippen LogP contribution in [0.25, 0.3) is 11.5 Å². The minimum atomic E-state index is -0.335. The maximum atomic E-state index is 12.7. The van der Waals surface area contributed by atoms with E-state index in [0.29, 0.717) is 28.8 Å². The molecule has 9 heteroatoms. The largest absolute Gasteiger partial charge is 0.441 e. The Balaban J connectivity index is 1.40. The van der Waals surface area contributed by atoms with Crippen LogP contribution in [0.3, 0.4) is 0 Å². The molecule has 34 heavy (non-hydrogen) atoms. The second kappa shape index (κ2) is 10.2. The number of hydrogen-bond donors (Lipinski definition) is 2. The smallest absolute Gasteiger partial charge is 0.273 e. The first-order chi connectivity index (χ1) is 16.3. The molecular formula is C25H31N5O4. The molecule has 1 aliphatic heterocycles. The van der Waals surface area contributed by atoms with Gasteiger partial charge in [0, 0.05) is 29.8 Å². The third kappa shape index (κ3) is 5.53. The zero-order valence-corrected chi connectivity index (χ0v) is 20.1. The van der Waals surface area contributed by atoms with Crippen LogP contribution in [0, 0.1) is 12.8 Å². The van der Waals surface area contributed by atoms with Crippen LogP contribution in [0.5, 0.6) is 0 Å². The highest BCUT2D eigenvalue weighted by molar-refractivity contribution is 5.93. The fourth-order valence-electron chi connectivity index (χ4n) is 3.99. The standard InChI is InChI=1S/C25H31N5O4/c1-15(2)22-12-20(29-34-22)24(32)26-13-21-16(3)33-25(28-21)17-7-5-9-19(11-17)27-23(31)18-8-6-10-30(4)14-18/h5,7,9,11-12,15,18H,6,8,10,13-14H2,1-4H3,(H,26,32)(H,27,31)/t18-/m0/s1. The maximum absolute atomic E-state index is 12.7. The van der Waals surface area contributed by atoms with E-state index >= 15 is 0 Å². The number of aromatic nitrogens is 2. The molecule has 0 unspecified atom stereocenters. The van der Waals surface area contributed by atoms with Crippen LogP contribution in [0.1, 0.15) is 60.3 Å². The highest BCUT2D eigenvalue weighted by Gasteiger charge is 2.24. The summed E-state index contributed by atoms with van der Waals surface area (Å²) in [6.07, 6.45) is 1.93. The third-order valence-electron chi connectivity index (χ3n) is 6.01. The normalized spacial score (nSPS) is 16.6. The molecule has 180 valence electrons. The second-order valence-electron chi connectivity index (χ2n) is 9.15. The Hall–Kier alpha value is -3.46. The van der Waals surface area contributed by atoms with Crippen LogP contribution in [0.15, 0.2) is 39.3 Å². The number of aryl methyl sites for hydroxylation is 1. The predicted octanol–water partition coefficient (Wildman–Crippen LogP) is 3.97. The Morgan fingerprint density at radius 3 is 2.82 bits per heavy atom. The summed E-state index contributed by atoms with van der Waals surface area (Å²) in [6.45, 7) is 7.74. The Morgan fingerprint density at radius 1 is 1.26 bits per heavy atom. The van der Waals surface area contributed by atoms with Gasteiger partial charge in [-0.15, -0.1) is 0 Å². The number of likely N-dealkylation sites (tertiary alicyclic amines) is 1. The van der Waals surface area contributed by atoms with Gasteiger partial charge in [0.25, 0.3) is 5.91 Å². The lowest BCUT2D eigenvalue weighted by atomic mass is 9.97. The average Bonchev–Trinajstić information content (AvgIpc) is 3.45. The van der Waals surface area contributed by atoms with Crippen molar-refractivity contribution in [3.63, 3.8) is 0 Å². The van der Waals surface area contributed by atoms with Crippen LogP contribution < -0.4 is 10.6 Å². The number of benzene rings is 1. The van der Waals surface area contributed by atoms with Crippen LogP contribution in [-0.2, 0) is 11.3 Å². The summed E-state index contributed by atoms with van der Waals surface area (Å²) in [5.41, 5.74) is 2.30. The summed E-state index contributed by atoms with van der Waals surface area (Å²) in [7, 11) is 2.04. The first-order valence-electron chi connectivity index (χ1n) is 11.6. The third-order valence-corrected chi connectivity index (χ3v) is 6.01. The van der Waals surface area contributed by atoms with Gasteiger partial charge in [-0.2, -0.15) is 0 Å². The van der Waals surface area contributed by atoms with Gasteiger partial charge in [0.1, 0.15) is 17.2 Å². The van der Waals surface area contributed by atoms with E-state index in [9.17, 15) is 9.59 Å². The molecule has 1 atom stereocenters. The molecule has 2 amide bonds. The summed E-state index contributed by atoms with van der Waals surface area (Å²) in [4.78, 5) is 31.8. The average molecular weight is 466 g/mol. The van der Waals surface area contributed by atoms with Gasteiger partial charge in [-0.05, 0) is 51.6 Å². The molecular weight excluding hydrogens is 434 g/mol. The van der Waals surface area contributed by atoms with Crippen LogP contribution in [0.4, 0.5) is 5.69 Å². The van der Waals surface area contributed by atoms with E-state index in [0.717, 1.165) is 31.5 Å². The summed E-state index contributed by atoms with van der Waals surface area (Å²) < 4.78 is 11.0. The lowest BCUT2D eigenvalue weighted by Crippen LogP contribution is -2.38. The first-order valence-corrected chi connectivity index (χ1v) is 11.6. The minimum absolute atomic E-state index is 0.0112. The Morgan fingerprint density at radius 2 is 2.09 bits per heavy atom. The van der Waals surface area contributed by atoms with E-state index in [1.54, 1.807) is 13.0 Å². The highest BCUT2D eigenvalue weighted by Crippen LogP contribution is 2.25.